The van der Waals surface area contributed by atoms with E-state index in [1.54, 1.807) is 27.4 Å². The number of methoxy groups -OCH3 is 3. The number of carbonyl (C=O) groups excluding carboxylic acids is 1. The van der Waals surface area contributed by atoms with E-state index in [9.17, 15) is 4.79 Å². The number of aromatic nitrogens is 3. The molecule has 2 heterocycles. The third-order valence-corrected chi connectivity index (χ3v) is 6.71. The van der Waals surface area contributed by atoms with Crippen molar-refractivity contribution in [3.63, 3.8) is 0 Å². The van der Waals surface area contributed by atoms with E-state index in [4.69, 9.17) is 19.2 Å². The zero-order chi connectivity index (χ0) is 27.4. The highest BCUT2D eigenvalue weighted by Crippen LogP contribution is 2.35. The molecule has 5 aromatic rings. The summed E-state index contributed by atoms with van der Waals surface area (Å²) < 4.78 is 16.1. The fourth-order valence-corrected chi connectivity index (χ4v) is 4.48. The van der Waals surface area contributed by atoms with Crippen molar-refractivity contribution in [1.29, 1.82) is 0 Å². The van der Waals surface area contributed by atoms with Gasteiger partial charge in [-0.25, -0.2) is 4.98 Å². The molecule has 0 saturated heterocycles. The number of hydrogen-bond donors (Lipinski definition) is 2. The molecule has 0 aliphatic carbocycles. The number of amides is 1. The highest BCUT2D eigenvalue weighted by molar-refractivity contribution is 6.11. The monoisotopic (exact) mass is 522 g/mol. The van der Waals surface area contributed by atoms with Crippen LogP contribution in [0.1, 0.15) is 28.4 Å². The lowest BCUT2D eigenvalue weighted by Gasteiger charge is -2.12. The number of benzene rings is 3. The summed E-state index contributed by atoms with van der Waals surface area (Å²) in [7, 11) is 4.80. The van der Waals surface area contributed by atoms with Crippen LogP contribution in [0.3, 0.4) is 0 Å². The lowest BCUT2D eigenvalue weighted by atomic mass is 10.0. The molecule has 2 N–H and O–H groups in total. The van der Waals surface area contributed by atoms with Gasteiger partial charge in [-0.15, -0.1) is 0 Å². The maximum atomic E-state index is 13.7. The van der Waals surface area contributed by atoms with Crippen molar-refractivity contribution >= 4 is 16.9 Å². The van der Waals surface area contributed by atoms with Crippen molar-refractivity contribution in [3.8, 4) is 39.8 Å². The van der Waals surface area contributed by atoms with Crippen molar-refractivity contribution in [2.24, 2.45) is 0 Å². The van der Waals surface area contributed by atoms with Gasteiger partial charge in [0.2, 0.25) is 0 Å². The minimum Gasteiger partial charge on any atom is -0.497 e. The summed E-state index contributed by atoms with van der Waals surface area (Å²) in [5, 5.41) is 11.3. The van der Waals surface area contributed by atoms with Gasteiger partial charge in [0.05, 0.1) is 43.7 Å². The lowest BCUT2D eigenvalue weighted by molar-refractivity contribution is 0.0952. The molecular formula is C31H30N4O4. The number of ether oxygens (including phenoxy) is 3. The molecule has 0 atom stereocenters. The Labute approximate surface area is 227 Å². The zero-order valence-corrected chi connectivity index (χ0v) is 22.4. The van der Waals surface area contributed by atoms with Gasteiger partial charge < -0.3 is 19.5 Å². The number of hydrogen-bond acceptors (Lipinski definition) is 6. The Morgan fingerprint density at radius 2 is 1.51 bits per heavy atom. The molecule has 0 saturated carbocycles. The van der Waals surface area contributed by atoms with E-state index >= 15 is 0 Å². The topological polar surface area (TPSA) is 98.4 Å². The minimum absolute atomic E-state index is 0.229. The van der Waals surface area contributed by atoms with E-state index in [0.717, 1.165) is 34.6 Å². The summed E-state index contributed by atoms with van der Waals surface area (Å²) >= 11 is 0. The molecule has 0 bridgehead atoms. The van der Waals surface area contributed by atoms with Gasteiger partial charge in [0, 0.05) is 17.7 Å². The molecular weight excluding hydrogens is 492 g/mol. The van der Waals surface area contributed by atoms with Crippen LogP contribution in [-0.2, 0) is 13.0 Å². The normalized spacial score (nSPS) is 10.9. The highest BCUT2D eigenvalue weighted by atomic mass is 16.5. The van der Waals surface area contributed by atoms with Crippen molar-refractivity contribution in [3.05, 3.63) is 89.5 Å². The first kappa shape index (κ1) is 25.8. The van der Waals surface area contributed by atoms with Crippen LogP contribution in [0.5, 0.6) is 17.2 Å². The van der Waals surface area contributed by atoms with E-state index in [0.29, 0.717) is 40.3 Å². The summed E-state index contributed by atoms with van der Waals surface area (Å²) in [5.41, 5.74) is 6.15. The molecule has 0 aliphatic rings. The van der Waals surface area contributed by atoms with E-state index in [-0.39, 0.29) is 5.91 Å². The molecule has 0 radical (unpaired) electrons. The number of nitrogens with one attached hydrogen (secondary N) is 2. The number of pyridine rings is 1. The van der Waals surface area contributed by atoms with E-state index < -0.39 is 0 Å². The molecule has 39 heavy (non-hydrogen) atoms. The van der Waals surface area contributed by atoms with Crippen LogP contribution in [0.2, 0.25) is 0 Å². The Balaban J connectivity index is 1.58. The Morgan fingerprint density at radius 3 is 2.18 bits per heavy atom. The van der Waals surface area contributed by atoms with Gasteiger partial charge in [-0.05, 0) is 53.9 Å². The van der Waals surface area contributed by atoms with Gasteiger partial charge in [0.15, 0.2) is 17.1 Å². The van der Waals surface area contributed by atoms with Crippen LogP contribution in [0.15, 0.2) is 72.8 Å². The summed E-state index contributed by atoms with van der Waals surface area (Å²) in [6, 6.07) is 23.2. The fourth-order valence-electron chi connectivity index (χ4n) is 4.48. The number of aromatic amines is 1. The predicted molar refractivity (Wildman–Crippen MR) is 151 cm³/mol. The van der Waals surface area contributed by atoms with Crippen LogP contribution < -0.4 is 19.5 Å². The molecule has 0 unspecified atom stereocenters. The molecule has 1 amide bonds. The fraction of sp³-hybridized carbons (Fsp3) is 0.194. The van der Waals surface area contributed by atoms with Crippen LogP contribution in [0.25, 0.3) is 33.5 Å². The quantitative estimate of drug-likeness (QED) is 0.254. The van der Waals surface area contributed by atoms with Gasteiger partial charge in [-0.1, -0.05) is 43.3 Å². The standard InChI is InChI=1S/C31H30N4O4/c1-5-19-6-10-21(11-7-19)29-28-24(31(36)32-18-20-8-13-23(37-2)14-9-20)17-25(33-30(28)35-34-29)22-12-15-26(38-3)27(16-22)39-4/h6-17H,5,18H2,1-4H3,(H,32,36)(H,33,34,35). The number of fused-ring (bicyclic) bond motifs is 1. The Morgan fingerprint density at radius 1 is 0.821 bits per heavy atom. The Hall–Kier alpha value is -4.85. The average Bonchev–Trinajstić information content (AvgIpc) is 3.43. The number of carbonyl (C=O) groups is 1. The molecule has 0 spiro atoms. The number of H-pyrrole nitrogens is 1. The van der Waals surface area contributed by atoms with Gasteiger partial charge in [-0.3, -0.25) is 9.89 Å². The maximum Gasteiger partial charge on any atom is 0.252 e. The van der Waals surface area contributed by atoms with E-state index in [1.165, 1.54) is 5.56 Å². The second kappa shape index (κ2) is 11.3. The number of aryl methyl sites for hydroxylation is 1. The minimum atomic E-state index is -0.229. The van der Waals surface area contributed by atoms with Crippen LogP contribution in [0, 0.1) is 0 Å². The molecule has 8 heteroatoms. The summed E-state index contributed by atoms with van der Waals surface area (Å²) in [6.07, 6.45) is 0.944. The van der Waals surface area contributed by atoms with Crippen molar-refractivity contribution in [2.45, 2.75) is 19.9 Å². The summed E-state index contributed by atoms with van der Waals surface area (Å²) in [4.78, 5) is 18.5. The van der Waals surface area contributed by atoms with Crippen molar-refractivity contribution in [2.75, 3.05) is 21.3 Å². The molecule has 198 valence electrons. The van der Waals surface area contributed by atoms with Crippen LogP contribution in [-0.4, -0.2) is 42.4 Å². The van der Waals surface area contributed by atoms with E-state index in [2.05, 4.69) is 34.6 Å². The van der Waals surface area contributed by atoms with Gasteiger partial charge >= 0.3 is 0 Å². The predicted octanol–water partition coefficient (Wildman–Crippen LogP) is 5.81. The van der Waals surface area contributed by atoms with E-state index in [1.807, 2.05) is 54.6 Å². The number of rotatable bonds is 9. The molecule has 0 aliphatic heterocycles. The SMILES string of the molecule is CCc1ccc(-c2[nH]nc3nc(-c4ccc(OC)c(OC)c4)cc(C(=O)NCc4ccc(OC)cc4)c23)cc1. The van der Waals surface area contributed by atoms with Crippen LogP contribution >= 0.6 is 0 Å². The van der Waals surface area contributed by atoms with Crippen molar-refractivity contribution < 1.29 is 19.0 Å². The third-order valence-electron chi connectivity index (χ3n) is 6.71. The maximum absolute atomic E-state index is 13.7. The first-order valence-corrected chi connectivity index (χ1v) is 12.7. The van der Waals surface area contributed by atoms with Gasteiger partial charge in [0.1, 0.15) is 5.75 Å². The van der Waals surface area contributed by atoms with Gasteiger partial charge in [-0.2, -0.15) is 5.10 Å². The smallest absolute Gasteiger partial charge is 0.252 e. The second-order valence-corrected chi connectivity index (χ2v) is 9.00. The first-order valence-electron chi connectivity index (χ1n) is 12.7. The Kier molecular flexibility index (Phi) is 7.45. The molecule has 2 aromatic heterocycles. The average molecular weight is 523 g/mol. The molecule has 3 aromatic carbocycles. The Bertz CT molecular complexity index is 1610. The molecule has 8 nitrogen and oxygen atoms in total. The highest BCUT2D eigenvalue weighted by Gasteiger charge is 2.21. The molecule has 0 fully saturated rings. The zero-order valence-electron chi connectivity index (χ0n) is 22.4. The number of nitrogens with zero attached hydrogens (tertiary/aromatic N) is 2. The molecule has 5 rings (SSSR count). The largest absolute Gasteiger partial charge is 0.497 e. The second-order valence-electron chi connectivity index (χ2n) is 9.00. The summed E-state index contributed by atoms with van der Waals surface area (Å²) in [5.74, 6) is 1.71. The summed E-state index contributed by atoms with van der Waals surface area (Å²) in [6.45, 7) is 2.47. The lowest BCUT2D eigenvalue weighted by Crippen LogP contribution is -2.23. The van der Waals surface area contributed by atoms with Crippen molar-refractivity contribution in [1.82, 2.24) is 20.5 Å². The van der Waals surface area contributed by atoms with Crippen LogP contribution in [0.4, 0.5) is 0 Å². The third kappa shape index (κ3) is 5.27. The first-order chi connectivity index (χ1) is 19.0. The van der Waals surface area contributed by atoms with Gasteiger partial charge in [0.25, 0.3) is 5.91 Å².